The second kappa shape index (κ2) is 37.5. The molecule has 0 N–H and O–H groups in total. The zero-order chi connectivity index (χ0) is 68.2. The Morgan fingerprint density at radius 2 is 0.358 bits per heavy atom. The zero-order valence-electron chi connectivity index (χ0n) is 58.0. The number of hydrogen-bond acceptors (Lipinski definition) is 34. The summed E-state index contributed by atoms with van der Waals surface area (Å²) >= 11 is 1.53. The summed E-state index contributed by atoms with van der Waals surface area (Å²) in [6, 6.07) is 0. The molecule has 20 heterocycles. The SMILES string of the molecule is COC[C@H]1O[C@@H]2O[C@@H]3[C@@H](OC)[C@@H](OC)[C@@H](O[C@@H]4[C@@H](OC)[C@@H](OC)[C@@H](O[C@H]5[C@@H](OC)[C@@H](OC)[C@@H]6O[C@H]7[C@@H](OC)[C@@H](OC)[C@H](O[C@@H]8[C@@H](OC)[C@@H](OC)[C@@H](O[C@@H]9[C@@H](OC)[C@@H](OC)[C@@H](O[C@@H]1[C@@H](OC)[C@H]2OC)O[C@@H]9COC)O[C@@H]8COC)O[C@H]7CSC[C@@H]5O6)O[C@@H]4COC)O[C@@H]3COC. The molecule has 20 aliphatic heterocycles. The van der Waals surface area contributed by atoms with E-state index in [0.717, 1.165) is 0 Å². The van der Waals surface area contributed by atoms with Crippen molar-refractivity contribution in [2.45, 2.75) is 215 Å². The lowest BCUT2D eigenvalue weighted by Crippen LogP contribution is -2.69. The van der Waals surface area contributed by atoms with Gasteiger partial charge in [-0.15, -0.1) is 0 Å². The zero-order valence-corrected chi connectivity index (χ0v) is 58.9. The highest BCUT2D eigenvalue weighted by Gasteiger charge is 2.62. The molecule has 20 saturated heterocycles. The Labute approximate surface area is 560 Å². The second-order valence-electron chi connectivity index (χ2n) is 24.1. The van der Waals surface area contributed by atoms with Crippen molar-refractivity contribution >= 4 is 11.8 Å². The van der Waals surface area contributed by atoms with Crippen LogP contribution in [0, 0.1) is 0 Å². The number of methoxy groups -OCH3 is 19. The van der Waals surface area contributed by atoms with Gasteiger partial charge in [-0.2, -0.15) is 11.8 Å². The van der Waals surface area contributed by atoms with Gasteiger partial charge in [-0.3, -0.25) is 0 Å². The van der Waals surface area contributed by atoms with Crippen LogP contribution < -0.4 is 0 Å². The first-order chi connectivity index (χ1) is 46.3. The van der Waals surface area contributed by atoms with Gasteiger partial charge in [-0.25, -0.2) is 0 Å². The summed E-state index contributed by atoms with van der Waals surface area (Å²) in [6.45, 7) is -0.0791. The Balaban J connectivity index is 1.13. The third-order valence-corrected chi connectivity index (χ3v) is 20.3. The van der Waals surface area contributed by atoms with Crippen LogP contribution in [0.2, 0.25) is 0 Å². The van der Waals surface area contributed by atoms with Gasteiger partial charge in [0.2, 0.25) is 0 Å². The first kappa shape index (κ1) is 78.2. The molecule has 0 unspecified atom stereocenters. The van der Waals surface area contributed by atoms with Crippen LogP contribution in [-0.4, -0.2) is 395 Å². The van der Waals surface area contributed by atoms with Crippen LogP contribution in [0.15, 0.2) is 0 Å². The minimum absolute atomic E-state index is 0.00539. The first-order valence-electron chi connectivity index (χ1n) is 31.9. The van der Waals surface area contributed by atoms with Crippen molar-refractivity contribution in [3.8, 4) is 0 Å². The highest BCUT2D eigenvalue weighted by atomic mass is 32.2. The van der Waals surface area contributed by atoms with Crippen molar-refractivity contribution in [2.75, 3.05) is 180 Å². The highest BCUT2D eigenvalue weighted by molar-refractivity contribution is 7.99. The summed E-state index contributed by atoms with van der Waals surface area (Å²) in [5, 5.41) is 0. The molecule has 34 heteroatoms. The lowest BCUT2D eigenvalue weighted by atomic mass is 9.94. The smallest absolute Gasteiger partial charge is 0.187 e. The van der Waals surface area contributed by atoms with Crippen LogP contribution >= 0.6 is 11.8 Å². The average Bonchev–Trinajstić information content (AvgIpc) is 1.48. The normalized spacial score (nSPS) is 47.7. The Morgan fingerprint density at radius 3 is 0.526 bits per heavy atom. The molecule has 14 bridgehead atoms. The fraction of sp³-hybridized carbons (Fsp3) is 1.00. The predicted molar refractivity (Wildman–Crippen MR) is 323 cm³/mol. The van der Waals surface area contributed by atoms with Crippen LogP contribution in [0.4, 0.5) is 0 Å². The van der Waals surface area contributed by atoms with E-state index in [1.165, 1.54) is 118 Å². The van der Waals surface area contributed by atoms with Crippen LogP contribution in [0.25, 0.3) is 0 Å². The van der Waals surface area contributed by atoms with E-state index in [0.29, 0.717) is 11.5 Å². The summed E-state index contributed by atoms with van der Waals surface area (Å²) in [6.07, 6.45) is -33.7. The lowest BCUT2D eigenvalue weighted by molar-refractivity contribution is -0.402. The molecule has 554 valence electrons. The third kappa shape index (κ3) is 16.5. The van der Waals surface area contributed by atoms with Gasteiger partial charge in [0.05, 0.1) is 45.2 Å². The van der Waals surface area contributed by atoms with Gasteiger partial charge < -0.3 is 156 Å². The molecule has 20 rings (SSSR count). The fourth-order valence-corrected chi connectivity index (χ4v) is 16.0. The summed E-state index contributed by atoms with van der Waals surface area (Å²) in [5.41, 5.74) is 0. The maximum Gasteiger partial charge on any atom is 0.187 e. The Morgan fingerprint density at radius 1 is 0.200 bits per heavy atom. The molecule has 35 atom stereocenters. The Hall–Kier alpha value is -0.970. The van der Waals surface area contributed by atoms with Gasteiger partial charge in [0.15, 0.2) is 44.0 Å². The number of thioether (sulfide) groups is 1. The van der Waals surface area contributed by atoms with Crippen LogP contribution in [-0.2, 0) is 156 Å². The van der Waals surface area contributed by atoms with Gasteiger partial charge in [-0.1, -0.05) is 0 Å². The molecule has 20 aliphatic rings. The molecule has 95 heavy (non-hydrogen) atoms. The fourth-order valence-electron chi connectivity index (χ4n) is 14.8. The molecule has 0 spiro atoms. The summed E-state index contributed by atoms with van der Waals surface area (Å²) in [4.78, 5) is 0. The minimum Gasteiger partial charge on any atom is -0.382 e. The van der Waals surface area contributed by atoms with Gasteiger partial charge in [0.1, 0.15) is 159 Å². The van der Waals surface area contributed by atoms with Crippen molar-refractivity contribution in [3.05, 3.63) is 0 Å². The van der Waals surface area contributed by atoms with Gasteiger partial charge >= 0.3 is 0 Å². The van der Waals surface area contributed by atoms with E-state index in [-0.39, 0.29) is 33.0 Å². The van der Waals surface area contributed by atoms with E-state index in [1.807, 2.05) is 0 Å². The quantitative estimate of drug-likeness (QED) is 0.111. The van der Waals surface area contributed by atoms with E-state index >= 15 is 0 Å². The second-order valence-corrected chi connectivity index (χ2v) is 25.2. The number of ether oxygens (including phenoxy) is 33. The summed E-state index contributed by atoms with van der Waals surface area (Å²) in [7, 11) is 29.1. The topological polar surface area (TPSA) is 305 Å². The van der Waals surface area contributed by atoms with Crippen LogP contribution in [0.3, 0.4) is 0 Å². The van der Waals surface area contributed by atoms with E-state index in [4.69, 9.17) is 156 Å². The Kier molecular flexibility index (Phi) is 30.8. The maximum atomic E-state index is 7.11. The lowest BCUT2D eigenvalue weighted by Gasteiger charge is -2.52. The van der Waals surface area contributed by atoms with E-state index in [1.54, 1.807) is 28.4 Å². The van der Waals surface area contributed by atoms with Gasteiger partial charge in [0, 0.05) is 147 Å². The number of fused-ring (bicyclic) bond motifs is 1. The van der Waals surface area contributed by atoms with E-state index in [2.05, 4.69) is 0 Å². The summed E-state index contributed by atoms with van der Waals surface area (Å²) < 4.78 is 215. The first-order valence-corrected chi connectivity index (χ1v) is 33.0. The molecule has 0 aromatic rings. The van der Waals surface area contributed by atoms with Crippen molar-refractivity contribution < 1.29 is 156 Å². The minimum atomic E-state index is -1.20. The average molecular weight is 1400 g/mol. The van der Waals surface area contributed by atoms with Crippen LogP contribution in [0.1, 0.15) is 0 Å². The van der Waals surface area contributed by atoms with Crippen molar-refractivity contribution in [1.29, 1.82) is 0 Å². The number of rotatable bonds is 24. The van der Waals surface area contributed by atoms with E-state index < -0.39 is 215 Å². The molecule has 0 aromatic carbocycles. The van der Waals surface area contributed by atoms with Crippen molar-refractivity contribution in [3.63, 3.8) is 0 Å². The molecular weight excluding hydrogens is 1290 g/mol. The highest BCUT2D eigenvalue weighted by Crippen LogP contribution is 2.44. The molecular formula is C61H106O33S. The molecule has 0 radical (unpaired) electrons. The monoisotopic (exact) mass is 1400 g/mol. The standard InChI is InChI=1S/C61H106O33S/c1-62-20-27-34-41(67-6)48(74-13)55(81-27)89-35-28(21-63-2)83-57(50(76-15)42(35)68-7)91-37-30(23-65-4)85-59(52(78-17)44(37)70-9)93-39-32-25-95-26-33-40(94-61(87-32)54(80-19)46(39)72-11)47(73-12)53(79-18)60(86-33)92-38-31(24-66-5)84-58(51(77-16)45(38)71-10)90-36-29(22-64-3)82-56(88-34)49(75-14)43(36)69-8/h27-61H,20-26H2,1-19H3/t27-,28-,29-,30-,31-,32+,33+,34+,35+,36+,37+,38+,39-,40-,41-,42-,43-,44-,45-,46-,47-,48-,49-,50-,51-,52-,53-,54-,55-,56-,57-,58-,59-,60+,61+/m1/s1. The van der Waals surface area contributed by atoms with Crippen molar-refractivity contribution in [2.24, 2.45) is 0 Å². The molecule has 0 saturated carbocycles. The molecule has 0 amide bonds. The largest absolute Gasteiger partial charge is 0.382 e. The molecule has 0 aromatic heterocycles. The molecule has 0 aliphatic carbocycles. The maximum absolute atomic E-state index is 7.11. The van der Waals surface area contributed by atoms with Gasteiger partial charge in [-0.05, 0) is 0 Å². The van der Waals surface area contributed by atoms with Crippen LogP contribution in [0.5, 0.6) is 0 Å². The molecule has 33 nitrogen and oxygen atoms in total. The van der Waals surface area contributed by atoms with Crippen molar-refractivity contribution in [1.82, 2.24) is 0 Å². The molecule has 20 fully saturated rings. The van der Waals surface area contributed by atoms with E-state index in [9.17, 15) is 0 Å². The Bertz CT molecular complexity index is 2190. The third-order valence-electron chi connectivity index (χ3n) is 19.2. The van der Waals surface area contributed by atoms with Gasteiger partial charge in [0.25, 0.3) is 0 Å². The number of hydrogen-bond donors (Lipinski definition) is 0. The predicted octanol–water partition coefficient (Wildman–Crippen LogP) is -1.04. The summed E-state index contributed by atoms with van der Waals surface area (Å²) in [5.74, 6) is 0.693.